The van der Waals surface area contributed by atoms with Crippen LogP contribution >= 0.6 is 15.9 Å². The molecule has 102 valence electrons. The topological polar surface area (TPSA) is 29.9 Å². The van der Waals surface area contributed by atoms with Gasteiger partial charge in [0, 0.05) is 23.8 Å². The van der Waals surface area contributed by atoms with Crippen LogP contribution in [-0.4, -0.2) is 16.1 Å². The molecule has 1 N–H and O–H groups in total. The van der Waals surface area contributed by atoms with Gasteiger partial charge in [-0.1, -0.05) is 41.9 Å². The van der Waals surface area contributed by atoms with Crippen LogP contribution < -0.4 is 5.32 Å². The maximum absolute atomic E-state index is 4.25. The van der Waals surface area contributed by atoms with Gasteiger partial charge >= 0.3 is 0 Å². The summed E-state index contributed by atoms with van der Waals surface area (Å²) in [6, 6.07) is 8.41. The molecule has 0 saturated heterocycles. The Morgan fingerprint density at radius 3 is 2.68 bits per heavy atom. The highest BCUT2D eigenvalue weighted by Gasteiger charge is 2.03. The van der Waals surface area contributed by atoms with E-state index in [2.05, 4.69) is 68.9 Å². The second-order valence-corrected chi connectivity index (χ2v) is 6.08. The van der Waals surface area contributed by atoms with Crippen LogP contribution in [0, 0.1) is 5.92 Å². The third-order valence-corrected chi connectivity index (χ3v) is 3.45. The van der Waals surface area contributed by atoms with Gasteiger partial charge in [0.05, 0.1) is 12.0 Å². The van der Waals surface area contributed by atoms with Crippen molar-refractivity contribution in [3.05, 3.63) is 52.5 Å². The SMILES string of the molecule is CC(C)CNCc1cncn1Cc1ccc(Br)cc1. The number of nitrogens with one attached hydrogen (secondary N) is 1. The van der Waals surface area contributed by atoms with Gasteiger partial charge in [0.15, 0.2) is 0 Å². The van der Waals surface area contributed by atoms with Crippen LogP contribution in [0.3, 0.4) is 0 Å². The molecule has 1 heterocycles. The fraction of sp³-hybridized carbons (Fsp3) is 0.400. The summed E-state index contributed by atoms with van der Waals surface area (Å²) in [4.78, 5) is 4.25. The first kappa shape index (κ1) is 14.3. The molecule has 2 aromatic rings. The molecule has 0 bridgehead atoms. The highest BCUT2D eigenvalue weighted by Crippen LogP contribution is 2.12. The molecular formula is C15H20BrN3. The highest BCUT2D eigenvalue weighted by atomic mass is 79.9. The Labute approximate surface area is 123 Å². The molecule has 0 radical (unpaired) electrons. The van der Waals surface area contributed by atoms with Crippen LogP contribution in [0.25, 0.3) is 0 Å². The lowest BCUT2D eigenvalue weighted by atomic mass is 10.2. The largest absolute Gasteiger partial charge is 0.329 e. The molecule has 19 heavy (non-hydrogen) atoms. The van der Waals surface area contributed by atoms with Gasteiger partial charge in [-0.25, -0.2) is 4.98 Å². The van der Waals surface area contributed by atoms with Crippen LogP contribution in [0.2, 0.25) is 0 Å². The molecule has 1 aromatic carbocycles. The van der Waals surface area contributed by atoms with E-state index in [1.54, 1.807) is 0 Å². The number of aromatic nitrogens is 2. The Morgan fingerprint density at radius 1 is 1.26 bits per heavy atom. The summed E-state index contributed by atoms with van der Waals surface area (Å²) in [5.41, 5.74) is 2.51. The van der Waals surface area contributed by atoms with Crippen molar-refractivity contribution >= 4 is 15.9 Å². The summed E-state index contributed by atoms with van der Waals surface area (Å²) in [6.45, 7) is 7.20. The van der Waals surface area contributed by atoms with E-state index in [4.69, 9.17) is 0 Å². The first-order valence-electron chi connectivity index (χ1n) is 6.59. The molecule has 0 atom stereocenters. The van der Waals surface area contributed by atoms with Crippen molar-refractivity contribution in [1.82, 2.24) is 14.9 Å². The van der Waals surface area contributed by atoms with Gasteiger partial charge < -0.3 is 9.88 Å². The first-order valence-corrected chi connectivity index (χ1v) is 7.38. The Balaban J connectivity index is 1.97. The van der Waals surface area contributed by atoms with Crippen LogP contribution in [-0.2, 0) is 13.1 Å². The summed E-state index contributed by atoms with van der Waals surface area (Å²) in [6.07, 6.45) is 3.83. The Bertz CT molecular complexity index is 502. The van der Waals surface area contributed by atoms with Crippen molar-refractivity contribution in [3.63, 3.8) is 0 Å². The van der Waals surface area contributed by atoms with E-state index in [0.29, 0.717) is 5.92 Å². The Morgan fingerprint density at radius 2 is 2.00 bits per heavy atom. The zero-order valence-electron chi connectivity index (χ0n) is 11.4. The lowest BCUT2D eigenvalue weighted by molar-refractivity contribution is 0.539. The van der Waals surface area contributed by atoms with Crippen molar-refractivity contribution in [1.29, 1.82) is 0 Å². The van der Waals surface area contributed by atoms with E-state index >= 15 is 0 Å². The normalized spacial score (nSPS) is 11.2. The summed E-state index contributed by atoms with van der Waals surface area (Å²) in [5, 5.41) is 3.45. The molecule has 2 rings (SSSR count). The van der Waals surface area contributed by atoms with Crippen LogP contribution in [0.4, 0.5) is 0 Å². The van der Waals surface area contributed by atoms with Crippen LogP contribution in [0.5, 0.6) is 0 Å². The molecule has 0 aliphatic heterocycles. The molecule has 0 aliphatic rings. The quantitative estimate of drug-likeness (QED) is 0.883. The summed E-state index contributed by atoms with van der Waals surface area (Å²) >= 11 is 3.46. The monoisotopic (exact) mass is 321 g/mol. The second kappa shape index (κ2) is 6.87. The average molecular weight is 322 g/mol. The summed E-state index contributed by atoms with van der Waals surface area (Å²) in [7, 11) is 0. The molecule has 0 spiro atoms. The third-order valence-electron chi connectivity index (χ3n) is 2.92. The van der Waals surface area contributed by atoms with Crippen LogP contribution in [0.15, 0.2) is 41.3 Å². The summed E-state index contributed by atoms with van der Waals surface area (Å²) in [5.74, 6) is 0.669. The molecule has 3 nitrogen and oxygen atoms in total. The average Bonchev–Trinajstić information content (AvgIpc) is 2.79. The molecule has 1 aromatic heterocycles. The van der Waals surface area contributed by atoms with Gasteiger partial charge in [-0.2, -0.15) is 0 Å². The maximum Gasteiger partial charge on any atom is 0.0951 e. The lowest BCUT2D eigenvalue weighted by Gasteiger charge is -2.10. The number of hydrogen-bond acceptors (Lipinski definition) is 2. The van der Waals surface area contributed by atoms with Gasteiger partial charge in [-0.05, 0) is 30.2 Å². The number of benzene rings is 1. The molecule has 0 amide bonds. The molecule has 0 aliphatic carbocycles. The third kappa shape index (κ3) is 4.48. The number of rotatable bonds is 6. The highest BCUT2D eigenvalue weighted by molar-refractivity contribution is 9.10. The second-order valence-electron chi connectivity index (χ2n) is 5.16. The fourth-order valence-electron chi connectivity index (χ4n) is 1.91. The lowest BCUT2D eigenvalue weighted by Crippen LogP contribution is -2.20. The zero-order valence-corrected chi connectivity index (χ0v) is 13.0. The van der Waals surface area contributed by atoms with E-state index in [-0.39, 0.29) is 0 Å². The molecular weight excluding hydrogens is 302 g/mol. The first-order chi connectivity index (χ1) is 9.15. The van der Waals surface area contributed by atoms with Gasteiger partial charge in [-0.3, -0.25) is 0 Å². The van der Waals surface area contributed by atoms with Crippen molar-refractivity contribution in [2.75, 3.05) is 6.54 Å². The van der Waals surface area contributed by atoms with Crippen molar-refractivity contribution in [2.45, 2.75) is 26.9 Å². The molecule has 0 saturated carbocycles. The number of hydrogen-bond donors (Lipinski definition) is 1. The van der Waals surface area contributed by atoms with Crippen LogP contribution in [0.1, 0.15) is 25.1 Å². The van der Waals surface area contributed by atoms with Gasteiger partial charge in [0.25, 0.3) is 0 Å². The van der Waals surface area contributed by atoms with Crippen molar-refractivity contribution in [2.24, 2.45) is 5.92 Å². The minimum Gasteiger partial charge on any atom is -0.329 e. The predicted molar refractivity (Wildman–Crippen MR) is 82.0 cm³/mol. The van der Waals surface area contributed by atoms with Crippen molar-refractivity contribution < 1.29 is 0 Å². The maximum atomic E-state index is 4.25. The number of imidazole rings is 1. The van der Waals surface area contributed by atoms with E-state index in [0.717, 1.165) is 24.1 Å². The van der Waals surface area contributed by atoms with Gasteiger partial charge in [-0.15, -0.1) is 0 Å². The predicted octanol–water partition coefficient (Wildman–Crippen LogP) is 3.44. The minimum absolute atomic E-state index is 0.669. The zero-order chi connectivity index (χ0) is 13.7. The Hall–Kier alpha value is -1.13. The number of nitrogens with zero attached hydrogens (tertiary/aromatic N) is 2. The van der Waals surface area contributed by atoms with Gasteiger partial charge in [0.1, 0.15) is 0 Å². The minimum atomic E-state index is 0.669. The molecule has 0 unspecified atom stereocenters. The smallest absolute Gasteiger partial charge is 0.0951 e. The molecule has 0 fully saturated rings. The molecule has 4 heteroatoms. The standard InChI is InChI=1S/C15H20BrN3/c1-12(2)7-17-8-15-9-18-11-19(15)10-13-3-5-14(16)6-4-13/h3-6,9,11-12,17H,7-8,10H2,1-2H3. The fourth-order valence-corrected chi connectivity index (χ4v) is 2.18. The van der Waals surface area contributed by atoms with E-state index in [1.807, 2.05) is 12.5 Å². The van der Waals surface area contributed by atoms with Crippen molar-refractivity contribution in [3.8, 4) is 0 Å². The summed E-state index contributed by atoms with van der Waals surface area (Å²) < 4.78 is 3.30. The Kier molecular flexibility index (Phi) is 5.16. The van der Waals surface area contributed by atoms with E-state index < -0.39 is 0 Å². The van der Waals surface area contributed by atoms with Gasteiger partial charge in [0.2, 0.25) is 0 Å². The number of halogens is 1. The van der Waals surface area contributed by atoms with E-state index in [9.17, 15) is 0 Å². The van der Waals surface area contributed by atoms with E-state index in [1.165, 1.54) is 11.3 Å².